The number of aromatic nitrogens is 1. The zero-order valence-corrected chi connectivity index (χ0v) is 34.3. The largest absolute Gasteiger partial charge is 0.504 e. The molecule has 1 aliphatic carbocycles. The van der Waals surface area contributed by atoms with E-state index < -0.39 is 74.8 Å². The number of aromatic hydroxyl groups is 10. The summed E-state index contributed by atoms with van der Waals surface area (Å²) >= 11 is 0. The van der Waals surface area contributed by atoms with Crippen molar-refractivity contribution in [3.8, 4) is 85.4 Å². The fourth-order valence-corrected chi connectivity index (χ4v) is 9.15. The van der Waals surface area contributed by atoms with E-state index in [-0.39, 0.29) is 16.6 Å². The van der Waals surface area contributed by atoms with Crippen LogP contribution >= 0.6 is 0 Å². The number of benzene rings is 7. The summed E-state index contributed by atoms with van der Waals surface area (Å²) in [5, 5.41) is 114. The molecule has 1 aliphatic heterocycles. The van der Waals surface area contributed by atoms with Gasteiger partial charge in [-0.1, -0.05) is 91.0 Å². The molecule has 2 aromatic heterocycles. The summed E-state index contributed by atoms with van der Waals surface area (Å²) < 4.78 is 8.64. The average molecular weight is 881 g/mol. The van der Waals surface area contributed by atoms with Gasteiger partial charge in [0.25, 0.3) is 0 Å². The Morgan fingerprint density at radius 2 is 1.20 bits per heavy atom. The summed E-state index contributed by atoms with van der Waals surface area (Å²) in [7, 11) is 0. The maximum absolute atomic E-state index is 11.5. The molecule has 1 unspecified atom stereocenters. The number of allylic oxidation sites excluding steroid dienone is 1. The quantitative estimate of drug-likeness (QED) is 0.0552. The highest BCUT2D eigenvalue weighted by atomic mass is 16.4. The first-order chi connectivity index (χ1) is 31.9. The van der Waals surface area contributed by atoms with Crippen molar-refractivity contribution in [3.63, 3.8) is 0 Å². The first kappa shape index (κ1) is 39.6. The summed E-state index contributed by atoms with van der Waals surface area (Å²) in [5.74, 6) is -10.0. The third kappa shape index (κ3) is 5.76. The van der Waals surface area contributed by atoms with E-state index in [0.717, 1.165) is 16.8 Å². The lowest BCUT2D eigenvalue weighted by Crippen LogP contribution is -2.33. The lowest BCUT2D eigenvalue weighted by molar-refractivity contribution is 0.330. The highest BCUT2D eigenvalue weighted by Crippen LogP contribution is 2.59. The molecule has 326 valence electrons. The van der Waals surface area contributed by atoms with Gasteiger partial charge in [-0.15, -0.1) is 0 Å². The Morgan fingerprint density at radius 1 is 0.576 bits per heavy atom. The van der Waals surface area contributed by atoms with Crippen LogP contribution in [0.25, 0.3) is 66.9 Å². The molecule has 0 saturated heterocycles. The molecule has 0 bridgehead atoms. The van der Waals surface area contributed by atoms with E-state index in [0.29, 0.717) is 68.7 Å². The molecule has 9 aromatic rings. The number of rotatable bonds is 6. The van der Waals surface area contributed by atoms with Gasteiger partial charge >= 0.3 is 0 Å². The maximum atomic E-state index is 11.5. The summed E-state index contributed by atoms with van der Waals surface area (Å²) in [4.78, 5) is 10.1. The Balaban J connectivity index is 1.22. The molecule has 3 heterocycles. The molecule has 15 heteroatoms. The first-order valence-electron chi connectivity index (χ1n) is 20.7. The number of hydrogen-bond acceptors (Lipinski definition) is 14. The van der Waals surface area contributed by atoms with E-state index in [1.807, 2.05) is 108 Å². The van der Waals surface area contributed by atoms with E-state index in [9.17, 15) is 51.1 Å². The van der Waals surface area contributed by atoms with Crippen molar-refractivity contribution in [1.82, 2.24) is 9.88 Å². The molecule has 0 amide bonds. The Bertz CT molecular complexity index is 3570. The van der Waals surface area contributed by atoms with Crippen LogP contribution in [-0.4, -0.2) is 67.3 Å². The van der Waals surface area contributed by atoms with Crippen LogP contribution < -0.4 is 5.32 Å². The van der Waals surface area contributed by atoms with Crippen molar-refractivity contribution in [2.75, 3.05) is 0 Å². The number of nitrogens with zero attached hydrogens (tertiary/aromatic N) is 3. The van der Waals surface area contributed by atoms with Gasteiger partial charge in [0, 0.05) is 33.2 Å². The normalized spacial score (nSPS) is 14.6. The van der Waals surface area contributed by atoms with Crippen LogP contribution in [-0.2, 0) is 6.42 Å². The standard InChI is InChI=1S/C51H36N4O11/c56-38-34(39(57)43(61)46(64)42(38)60)25-21-29-26-15-7-8-18-31(26)55(37(29)30(22-25)36-40(58)44(62)47(65)45(63)41(36)59)32-19-10-20-33-35(32)27-16-9-17-28(48(27)66-33)51-53-49(23-11-3-1-4-12-23)52-50(54-51)24-13-5-2-6-14-24/h1-7,9-17,19-22,49,56-65H,8,18H2,(H,52,53,54). The van der Waals surface area contributed by atoms with Gasteiger partial charge in [-0.3, -0.25) is 0 Å². The van der Waals surface area contributed by atoms with Crippen molar-refractivity contribution in [1.29, 1.82) is 0 Å². The third-order valence-electron chi connectivity index (χ3n) is 12.2. The van der Waals surface area contributed by atoms with Gasteiger partial charge < -0.3 is 65.4 Å². The second-order valence-corrected chi connectivity index (χ2v) is 16.0. The van der Waals surface area contributed by atoms with Crippen molar-refractivity contribution in [2.24, 2.45) is 9.98 Å². The number of furan rings is 1. The monoisotopic (exact) mass is 880 g/mol. The van der Waals surface area contributed by atoms with Gasteiger partial charge in [-0.05, 0) is 54.3 Å². The van der Waals surface area contributed by atoms with Crippen molar-refractivity contribution >= 4 is 50.6 Å². The molecule has 0 radical (unpaired) electrons. The van der Waals surface area contributed by atoms with Crippen LogP contribution in [0.3, 0.4) is 0 Å². The van der Waals surface area contributed by atoms with Gasteiger partial charge in [-0.2, -0.15) is 0 Å². The Hall–Kier alpha value is -9.24. The summed E-state index contributed by atoms with van der Waals surface area (Å²) in [6.07, 6.45) is 4.35. The second-order valence-electron chi connectivity index (χ2n) is 16.0. The zero-order chi connectivity index (χ0) is 45.7. The second kappa shape index (κ2) is 14.7. The smallest absolute Gasteiger partial charge is 0.208 e. The van der Waals surface area contributed by atoms with Gasteiger partial charge in [0.05, 0.1) is 33.3 Å². The van der Waals surface area contributed by atoms with E-state index in [2.05, 4.69) is 5.32 Å². The molecule has 15 nitrogen and oxygen atoms in total. The average Bonchev–Trinajstić information content (AvgIpc) is 3.91. The maximum Gasteiger partial charge on any atom is 0.208 e. The number of phenols is 10. The molecule has 7 aromatic carbocycles. The Labute approximate surface area is 372 Å². The van der Waals surface area contributed by atoms with Crippen molar-refractivity contribution in [3.05, 3.63) is 143 Å². The SMILES string of the molecule is Oc1c(O)c(O)c(-c2cc(-c3c(O)c(O)c(O)c(O)c3O)c3c(c2)c2c(n3-c3cccc4oc5c(C6=NC(c7ccccc7)NC(c7ccccc7)=N6)cccc5c34)CCC=C2)c(O)c1O. The van der Waals surface area contributed by atoms with Crippen LogP contribution in [0.2, 0.25) is 0 Å². The first-order valence-corrected chi connectivity index (χ1v) is 20.7. The molecule has 66 heavy (non-hydrogen) atoms. The minimum absolute atomic E-state index is 0.105. The molecule has 0 fully saturated rings. The molecule has 0 saturated carbocycles. The van der Waals surface area contributed by atoms with Gasteiger partial charge in [0.15, 0.2) is 28.8 Å². The molecule has 1 atom stereocenters. The van der Waals surface area contributed by atoms with Crippen LogP contribution in [0.4, 0.5) is 0 Å². The van der Waals surface area contributed by atoms with Crippen LogP contribution in [0.5, 0.6) is 57.5 Å². The Kier molecular flexibility index (Phi) is 8.80. The molecular weight excluding hydrogens is 845 g/mol. The van der Waals surface area contributed by atoms with Crippen molar-refractivity contribution < 1.29 is 55.5 Å². The van der Waals surface area contributed by atoms with Crippen LogP contribution in [0.1, 0.15) is 40.5 Å². The molecular formula is C51H36N4O11. The summed E-state index contributed by atoms with van der Waals surface area (Å²) in [5.41, 5.74) is 4.25. The number of aliphatic imine (C=N–C) groups is 2. The van der Waals surface area contributed by atoms with Crippen molar-refractivity contribution in [2.45, 2.75) is 19.0 Å². The fraction of sp³-hybridized carbons (Fsp3) is 0.0588. The van der Waals surface area contributed by atoms with Gasteiger partial charge in [0.1, 0.15) is 23.2 Å². The van der Waals surface area contributed by atoms with Gasteiger partial charge in [0.2, 0.25) is 34.5 Å². The third-order valence-corrected chi connectivity index (χ3v) is 12.2. The van der Waals surface area contributed by atoms with E-state index >= 15 is 0 Å². The zero-order valence-electron chi connectivity index (χ0n) is 34.3. The topological polar surface area (TPSA) is 257 Å². The number of hydrogen-bond donors (Lipinski definition) is 11. The molecule has 0 spiro atoms. The van der Waals surface area contributed by atoms with E-state index in [4.69, 9.17) is 14.4 Å². The van der Waals surface area contributed by atoms with Gasteiger partial charge in [-0.25, -0.2) is 9.98 Å². The molecule has 11 N–H and O–H groups in total. The number of para-hydroxylation sites is 1. The number of phenolic OH excluding ortho intramolecular Hbond substituents is 10. The predicted molar refractivity (Wildman–Crippen MR) is 247 cm³/mol. The van der Waals surface area contributed by atoms with Crippen LogP contribution in [0.15, 0.2) is 130 Å². The highest BCUT2D eigenvalue weighted by Gasteiger charge is 2.33. The summed E-state index contributed by atoms with van der Waals surface area (Å²) in [6, 6.07) is 33.5. The fourth-order valence-electron chi connectivity index (χ4n) is 9.15. The highest BCUT2D eigenvalue weighted by molar-refractivity contribution is 6.21. The van der Waals surface area contributed by atoms with E-state index in [1.54, 1.807) is 6.07 Å². The lowest BCUT2D eigenvalue weighted by Gasteiger charge is -2.23. The minimum atomic E-state index is -1.19. The van der Waals surface area contributed by atoms with E-state index in [1.165, 1.54) is 12.1 Å². The lowest BCUT2D eigenvalue weighted by atomic mass is 9.91. The number of nitrogens with one attached hydrogen (secondary N) is 1. The number of fused-ring (bicyclic) bond motifs is 6. The molecule has 11 rings (SSSR count). The Morgan fingerprint density at radius 3 is 1.88 bits per heavy atom. The minimum Gasteiger partial charge on any atom is -0.504 e. The van der Waals surface area contributed by atoms with Crippen LogP contribution in [0, 0.1) is 0 Å². The predicted octanol–water partition coefficient (Wildman–Crippen LogP) is 9.37. The summed E-state index contributed by atoms with van der Waals surface area (Å²) in [6.45, 7) is 0. The number of amidine groups is 2. The molecule has 2 aliphatic rings.